The van der Waals surface area contributed by atoms with E-state index in [1.165, 1.54) is 18.2 Å². The molecule has 1 saturated heterocycles. The number of benzene rings is 2. The van der Waals surface area contributed by atoms with Crippen LogP contribution in [0, 0.1) is 5.82 Å². The van der Waals surface area contributed by atoms with Gasteiger partial charge in [-0.25, -0.2) is 4.39 Å². The van der Waals surface area contributed by atoms with E-state index >= 15 is 0 Å². The lowest BCUT2D eigenvalue weighted by molar-refractivity contribution is 0.0724. The van der Waals surface area contributed by atoms with Gasteiger partial charge in [-0.3, -0.25) is 9.59 Å². The third-order valence-corrected chi connectivity index (χ3v) is 6.26. The van der Waals surface area contributed by atoms with Crippen molar-refractivity contribution in [1.29, 1.82) is 0 Å². The van der Waals surface area contributed by atoms with Crippen molar-refractivity contribution in [3.05, 3.63) is 83.6 Å². The SMILES string of the molecule is CCCCN(Cc1ccco1)c1ccc(NC(=O)c2cccc(F)c2)cc1C(=O)N1CCCCC1. The Balaban J connectivity index is 1.67. The number of nitrogens with one attached hydrogen (secondary N) is 1. The normalized spacial score (nSPS) is 13.5. The lowest BCUT2D eigenvalue weighted by atomic mass is 10.1. The molecule has 0 bridgehead atoms. The number of furan rings is 1. The molecule has 1 aliphatic heterocycles. The first-order chi connectivity index (χ1) is 17.0. The largest absolute Gasteiger partial charge is 0.467 e. The summed E-state index contributed by atoms with van der Waals surface area (Å²) >= 11 is 0. The summed E-state index contributed by atoms with van der Waals surface area (Å²) in [4.78, 5) is 30.5. The van der Waals surface area contributed by atoms with Crippen LogP contribution in [0.4, 0.5) is 15.8 Å². The zero-order valence-corrected chi connectivity index (χ0v) is 20.1. The first-order valence-electron chi connectivity index (χ1n) is 12.3. The van der Waals surface area contributed by atoms with Crippen molar-refractivity contribution in [2.45, 2.75) is 45.6 Å². The van der Waals surface area contributed by atoms with Crippen molar-refractivity contribution >= 4 is 23.2 Å². The predicted molar refractivity (Wildman–Crippen MR) is 135 cm³/mol. The zero-order chi connectivity index (χ0) is 24.6. The number of hydrogen-bond acceptors (Lipinski definition) is 4. The molecule has 184 valence electrons. The molecule has 1 N–H and O–H groups in total. The molecule has 4 rings (SSSR count). The number of hydrogen-bond donors (Lipinski definition) is 1. The first-order valence-corrected chi connectivity index (χ1v) is 12.3. The Morgan fingerprint density at radius 3 is 2.60 bits per heavy atom. The second kappa shape index (κ2) is 11.7. The highest BCUT2D eigenvalue weighted by Gasteiger charge is 2.24. The molecule has 1 fully saturated rings. The summed E-state index contributed by atoms with van der Waals surface area (Å²) in [6.45, 7) is 4.90. The van der Waals surface area contributed by atoms with E-state index in [0.29, 0.717) is 17.8 Å². The van der Waals surface area contributed by atoms with Crippen LogP contribution in [0.3, 0.4) is 0 Å². The van der Waals surface area contributed by atoms with Crippen LogP contribution in [0.15, 0.2) is 65.3 Å². The number of likely N-dealkylation sites (tertiary alicyclic amines) is 1. The predicted octanol–water partition coefficient (Wildman–Crippen LogP) is 6.10. The van der Waals surface area contributed by atoms with Gasteiger partial charge in [-0.05, 0) is 74.2 Å². The quantitative estimate of drug-likeness (QED) is 0.404. The molecular weight excluding hydrogens is 445 g/mol. The van der Waals surface area contributed by atoms with Crippen molar-refractivity contribution in [1.82, 2.24) is 4.90 Å². The standard InChI is InChI=1S/C28H32FN3O3/c1-2-3-14-32(20-24-11-8-17-35-24)26-13-12-23(30-27(33)21-9-7-10-22(29)18-21)19-25(26)28(34)31-15-5-4-6-16-31/h7-13,17-19H,2-6,14-16,20H2,1H3,(H,30,33). The minimum absolute atomic E-state index is 0.0394. The van der Waals surface area contributed by atoms with Crippen molar-refractivity contribution in [3.8, 4) is 0 Å². The summed E-state index contributed by atoms with van der Waals surface area (Å²) in [7, 11) is 0. The van der Waals surface area contributed by atoms with Gasteiger partial charge in [-0.1, -0.05) is 19.4 Å². The lowest BCUT2D eigenvalue weighted by Crippen LogP contribution is -2.37. The fraction of sp³-hybridized carbons (Fsp3) is 0.357. The Kier molecular flexibility index (Phi) is 8.19. The van der Waals surface area contributed by atoms with E-state index in [1.54, 1.807) is 24.5 Å². The maximum atomic E-state index is 13.7. The molecule has 0 unspecified atom stereocenters. The highest BCUT2D eigenvalue weighted by Crippen LogP contribution is 2.29. The molecule has 7 heteroatoms. The molecule has 0 saturated carbocycles. The molecule has 2 amide bonds. The van der Waals surface area contributed by atoms with Gasteiger partial charge in [0, 0.05) is 30.9 Å². The average molecular weight is 478 g/mol. The van der Waals surface area contributed by atoms with E-state index in [2.05, 4.69) is 17.1 Å². The number of nitrogens with zero attached hydrogens (tertiary/aromatic N) is 2. The first kappa shape index (κ1) is 24.5. The van der Waals surface area contributed by atoms with E-state index in [-0.39, 0.29) is 11.5 Å². The molecule has 1 aliphatic rings. The Morgan fingerprint density at radius 1 is 1.06 bits per heavy atom. The maximum Gasteiger partial charge on any atom is 0.256 e. The fourth-order valence-corrected chi connectivity index (χ4v) is 4.39. The van der Waals surface area contributed by atoms with Gasteiger partial charge < -0.3 is 19.5 Å². The van der Waals surface area contributed by atoms with Gasteiger partial charge in [0.1, 0.15) is 11.6 Å². The molecule has 1 aromatic heterocycles. The van der Waals surface area contributed by atoms with Gasteiger partial charge in [0.25, 0.3) is 11.8 Å². The number of amides is 2. The van der Waals surface area contributed by atoms with Gasteiger partial charge >= 0.3 is 0 Å². The van der Waals surface area contributed by atoms with Crippen LogP contribution in [0.1, 0.15) is 65.5 Å². The number of unbranched alkanes of at least 4 members (excludes halogenated alkanes) is 1. The summed E-state index contributed by atoms with van der Waals surface area (Å²) < 4.78 is 19.2. The molecule has 0 radical (unpaired) electrons. The summed E-state index contributed by atoms with van der Waals surface area (Å²) in [5.41, 5.74) is 2.08. The number of carbonyl (C=O) groups excluding carboxylic acids is 2. The molecule has 0 atom stereocenters. The molecule has 0 spiro atoms. The van der Waals surface area contributed by atoms with Gasteiger partial charge in [0.05, 0.1) is 24.1 Å². The highest BCUT2D eigenvalue weighted by atomic mass is 19.1. The van der Waals surface area contributed by atoms with Crippen LogP contribution in [0.25, 0.3) is 0 Å². The van der Waals surface area contributed by atoms with E-state index in [4.69, 9.17) is 4.42 Å². The summed E-state index contributed by atoms with van der Waals surface area (Å²) in [5.74, 6) is -0.117. The summed E-state index contributed by atoms with van der Waals surface area (Å²) in [6, 6.07) is 14.8. The third-order valence-electron chi connectivity index (χ3n) is 6.26. The second-order valence-electron chi connectivity index (χ2n) is 8.90. The van der Waals surface area contributed by atoms with E-state index in [1.807, 2.05) is 23.1 Å². The van der Waals surface area contributed by atoms with E-state index in [0.717, 1.165) is 63.2 Å². The van der Waals surface area contributed by atoms with Gasteiger partial charge in [-0.15, -0.1) is 0 Å². The molecular formula is C28H32FN3O3. The van der Waals surface area contributed by atoms with Crippen molar-refractivity contribution < 1.29 is 18.4 Å². The molecule has 2 aromatic carbocycles. The molecule has 3 aromatic rings. The topological polar surface area (TPSA) is 65.8 Å². The Morgan fingerprint density at radius 2 is 1.89 bits per heavy atom. The van der Waals surface area contributed by atoms with Crippen LogP contribution in [-0.2, 0) is 6.54 Å². The Labute approximate surface area is 205 Å². The zero-order valence-electron chi connectivity index (χ0n) is 20.1. The highest BCUT2D eigenvalue weighted by molar-refractivity contribution is 6.06. The Hall–Kier alpha value is -3.61. The van der Waals surface area contributed by atoms with Gasteiger partial charge in [-0.2, -0.15) is 0 Å². The summed E-state index contributed by atoms with van der Waals surface area (Å²) in [6.07, 6.45) is 6.74. The minimum atomic E-state index is -0.474. The van der Waals surface area contributed by atoms with Crippen LogP contribution in [0.2, 0.25) is 0 Å². The van der Waals surface area contributed by atoms with Gasteiger partial charge in [0.2, 0.25) is 0 Å². The number of halogens is 1. The minimum Gasteiger partial charge on any atom is -0.467 e. The average Bonchev–Trinajstić information content (AvgIpc) is 3.40. The van der Waals surface area contributed by atoms with Crippen molar-refractivity contribution in [3.63, 3.8) is 0 Å². The molecule has 35 heavy (non-hydrogen) atoms. The third kappa shape index (κ3) is 6.29. The second-order valence-corrected chi connectivity index (χ2v) is 8.90. The van der Waals surface area contributed by atoms with Crippen LogP contribution < -0.4 is 10.2 Å². The lowest BCUT2D eigenvalue weighted by Gasteiger charge is -2.31. The molecule has 0 aliphatic carbocycles. The van der Waals surface area contributed by atoms with Crippen LogP contribution in [-0.4, -0.2) is 36.3 Å². The monoisotopic (exact) mass is 477 g/mol. The van der Waals surface area contributed by atoms with Crippen LogP contribution in [0.5, 0.6) is 0 Å². The van der Waals surface area contributed by atoms with E-state index in [9.17, 15) is 14.0 Å². The number of piperidine rings is 1. The van der Waals surface area contributed by atoms with Crippen molar-refractivity contribution in [2.75, 3.05) is 29.9 Å². The Bertz CT molecular complexity index is 1140. The number of anilines is 2. The smallest absolute Gasteiger partial charge is 0.256 e. The van der Waals surface area contributed by atoms with Crippen LogP contribution >= 0.6 is 0 Å². The van der Waals surface area contributed by atoms with Crippen molar-refractivity contribution in [2.24, 2.45) is 0 Å². The summed E-state index contributed by atoms with van der Waals surface area (Å²) in [5, 5.41) is 2.83. The van der Waals surface area contributed by atoms with E-state index < -0.39 is 11.7 Å². The number of rotatable bonds is 9. The molecule has 2 heterocycles. The fourth-order valence-electron chi connectivity index (χ4n) is 4.39. The van der Waals surface area contributed by atoms with Gasteiger partial charge in [0.15, 0.2) is 0 Å². The number of carbonyl (C=O) groups is 2. The molecule has 6 nitrogen and oxygen atoms in total. The maximum absolute atomic E-state index is 13.7.